The zero-order valence-electron chi connectivity index (χ0n) is 28.9. The van der Waals surface area contributed by atoms with Crippen molar-refractivity contribution < 1.29 is 32.5 Å². The number of hydrogen-bond donors (Lipinski definition) is 2. The van der Waals surface area contributed by atoms with Gasteiger partial charge in [-0.2, -0.15) is 0 Å². The number of benzene rings is 5. The summed E-state index contributed by atoms with van der Waals surface area (Å²) in [7, 11) is -2.26. The third-order valence-electron chi connectivity index (χ3n) is 9.15. The van der Waals surface area contributed by atoms with E-state index in [1.165, 1.54) is 0 Å². The zero-order chi connectivity index (χ0) is 36.4. The number of rotatable bonds is 16. The number of carbonyl (C=O) groups is 1. The van der Waals surface area contributed by atoms with Crippen LogP contribution in [0.5, 0.6) is 11.5 Å². The topological polar surface area (TPSA) is 124 Å². The van der Waals surface area contributed by atoms with Crippen LogP contribution in [0.4, 0.5) is 0 Å². The zero-order valence-corrected chi connectivity index (χ0v) is 29.7. The molecule has 0 radical (unpaired) electrons. The van der Waals surface area contributed by atoms with E-state index in [0.29, 0.717) is 35.7 Å². The molecule has 1 aliphatic rings. The normalized spacial score (nSPS) is 16.9. The summed E-state index contributed by atoms with van der Waals surface area (Å²) < 4.78 is 45.4. The maximum Gasteiger partial charge on any atom is 0.252 e. The molecule has 52 heavy (non-hydrogen) atoms. The molecule has 0 spiro atoms. The number of aliphatic imine (C=N–C) groups is 1. The van der Waals surface area contributed by atoms with Gasteiger partial charge in [-0.25, -0.2) is 13.4 Å². The van der Waals surface area contributed by atoms with Crippen LogP contribution in [0.3, 0.4) is 0 Å². The second-order valence-corrected chi connectivity index (χ2v) is 14.6. The predicted octanol–water partition coefficient (Wildman–Crippen LogP) is 6.53. The highest BCUT2D eigenvalue weighted by Gasteiger charge is 2.53. The average Bonchev–Trinajstić information content (AvgIpc) is 3.60. The van der Waals surface area contributed by atoms with Crippen LogP contribution in [0.1, 0.15) is 47.1 Å². The maximum atomic E-state index is 14.9. The highest BCUT2D eigenvalue weighted by atomic mass is 32.2. The molecule has 0 bridgehead atoms. The minimum absolute atomic E-state index is 0.0238. The van der Waals surface area contributed by atoms with Gasteiger partial charge in [0.1, 0.15) is 11.5 Å². The smallest absolute Gasteiger partial charge is 0.252 e. The Bertz CT molecular complexity index is 2020. The van der Waals surface area contributed by atoms with Gasteiger partial charge in [-0.15, -0.1) is 0 Å². The van der Waals surface area contributed by atoms with Crippen molar-refractivity contribution in [3.8, 4) is 11.5 Å². The van der Waals surface area contributed by atoms with Crippen molar-refractivity contribution in [3.05, 3.63) is 162 Å². The molecule has 6 rings (SSSR count). The molecule has 5 aromatic carbocycles. The molecule has 0 unspecified atom stereocenters. The minimum atomic E-state index is -3.82. The van der Waals surface area contributed by atoms with Gasteiger partial charge in [0.25, 0.3) is 5.91 Å². The Labute approximate surface area is 304 Å². The van der Waals surface area contributed by atoms with Crippen LogP contribution in [-0.2, 0) is 19.4 Å². The van der Waals surface area contributed by atoms with Crippen molar-refractivity contribution in [1.82, 2.24) is 5.32 Å². The second kappa shape index (κ2) is 16.7. The number of aliphatic hydroxyl groups excluding tert-OH is 1. The van der Waals surface area contributed by atoms with Crippen LogP contribution in [0.2, 0.25) is 0 Å². The van der Waals surface area contributed by atoms with E-state index in [0.717, 1.165) is 11.1 Å². The Hall–Kier alpha value is -5.45. The monoisotopic (exact) mass is 718 g/mol. The molecule has 9 nitrogen and oxygen atoms in total. The SMILES string of the molecule is COc1cccc([C@H]2OC(c3ccc(OCCCO)cc3)=N[C@@]2(CCS(=O)(=O)c2ccccc2)C(=O)NCC(c2ccccc2)c2ccccc2)c1. The molecular formula is C42H42N2O7S. The van der Waals surface area contributed by atoms with E-state index in [-0.39, 0.29) is 42.0 Å². The van der Waals surface area contributed by atoms with E-state index in [4.69, 9.17) is 24.3 Å². The lowest BCUT2D eigenvalue weighted by molar-refractivity contribution is -0.129. The molecule has 0 saturated carbocycles. The Morgan fingerprint density at radius 1 is 0.846 bits per heavy atom. The summed E-state index contributed by atoms with van der Waals surface area (Å²) in [5.74, 6) is 0.355. The largest absolute Gasteiger partial charge is 0.497 e. The fourth-order valence-electron chi connectivity index (χ4n) is 6.36. The number of sulfone groups is 1. The summed E-state index contributed by atoms with van der Waals surface area (Å²) in [6.07, 6.45) is -0.653. The Kier molecular flexibility index (Phi) is 11.7. The highest BCUT2D eigenvalue weighted by Crippen LogP contribution is 2.44. The number of carbonyl (C=O) groups excluding carboxylic acids is 1. The van der Waals surface area contributed by atoms with Crippen LogP contribution in [-0.4, -0.2) is 63.5 Å². The van der Waals surface area contributed by atoms with Gasteiger partial charge in [0.15, 0.2) is 21.5 Å². The third kappa shape index (κ3) is 8.36. The van der Waals surface area contributed by atoms with Gasteiger partial charge in [-0.3, -0.25) is 4.79 Å². The van der Waals surface area contributed by atoms with Crippen molar-refractivity contribution in [3.63, 3.8) is 0 Å². The first-order valence-electron chi connectivity index (χ1n) is 17.2. The number of hydrogen-bond acceptors (Lipinski definition) is 8. The molecule has 268 valence electrons. The van der Waals surface area contributed by atoms with Crippen molar-refractivity contribution in [2.24, 2.45) is 4.99 Å². The highest BCUT2D eigenvalue weighted by molar-refractivity contribution is 7.91. The quantitative estimate of drug-likeness (QED) is 0.111. The average molecular weight is 719 g/mol. The van der Waals surface area contributed by atoms with Gasteiger partial charge in [0.05, 0.1) is 24.4 Å². The van der Waals surface area contributed by atoms with E-state index in [2.05, 4.69) is 5.32 Å². The van der Waals surface area contributed by atoms with E-state index in [1.54, 1.807) is 79.9 Å². The lowest BCUT2D eigenvalue weighted by Crippen LogP contribution is -2.50. The molecule has 0 aliphatic carbocycles. The molecule has 2 N–H and O–H groups in total. The summed E-state index contributed by atoms with van der Waals surface area (Å²) in [5.41, 5.74) is 1.56. The summed E-state index contributed by atoms with van der Waals surface area (Å²) in [5, 5.41) is 12.3. The van der Waals surface area contributed by atoms with Crippen molar-refractivity contribution in [2.75, 3.05) is 32.6 Å². The summed E-state index contributed by atoms with van der Waals surface area (Å²) in [4.78, 5) is 20.1. The first-order chi connectivity index (χ1) is 25.3. The lowest BCUT2D eigenvalue weighted by Gasteiger charge is -2.31. The Balaban J connectivity index is 1.42. The van der Waals surface area contributed by atoms with Gasteiger partial charge in [0.2, 0.25) is 5.90 Å². The van der Waals surface area contributed by atoms with Crippen LogP contribution >= 0.6 is 0 Å². The standard InChI is InChI=1S/C42H42N2O7S/c1-49-36-18-11-17-34(29-36)39-42(25-28-52(47,48)37-19-9-4-10-20-37,44-40(51-39)33-21-23-35(24-22-33)50-27-12-26-45)41(46)43-30-38(31-13-5-2-6-14-31)32-15-7-3-8-16-32/h2-11,13-24,29,38-39,45H,12,25-28,30H2,1H3,(H,43,46)/t39-,42-/m1/s1. The molecule has 5 aromatic rings. The molecule has 1 heterocycles. The van der Waals surface area contributed by atoms with Crippen LogP contribution in [0.25, 0.3) is 0 Å². The van der Waals surface area contributed by atoms with Gasteiger partial charge < -0.3 is 24.6 Å². The van der Waals surface area contributed by atoms with Crippen molar-refractivity contribution in [2.45, 2.75) is 35.3 Å². The summed E-state index contributed by atoms with van der Waals surface area (Å²) >= 11 is 0. The number of ether oxygens (including phenoxy) is 3. The number of nitrogens with one attached hydrogen (secondary N) is 1. The van der Waals surface area contributed by atoms with Crippen LogP contribution < -0.4 is 14.8 Å². The molecule has 0 saturated heterocycles. The molecule has 0 aromatic heterocycles. The fourth-order valence-corrected chi connectivity index (χ4v) is 7.74. The fraction of sp³-hybridized carbons (Fsp3) is 0.238. The Morgan fingerprint density at radius 3 is 2.10 bits per heavy atom. The van der Waals surface area contributed by atoms with Gasteiger partial charge in [0, 0.05) is 37.5 Å². The number of aliphatic hydroxyl groups is 1. The lowest BCUT2D eigenvalue weighted by atomic mass is 9.84. The molecule has 2 atom stereocenters. The number of amides is 1. The molecule has 0 fully saturated rings. The van der Waals surface area contributed by atoms with Gasteiger partial charge in [-0.05, 0) is 65.2 Å². The molecule has 1 amide bonds. The Morgan fingerprint density at radius 2 is 1.48 bits per heavy atom. The maximum absolute atomic E-state index is 14.9. The minimum Gasteiger partial charge on any atom is -0.497 e. The third-order valence-corrected chi connectivity index (χ3v) is 10.9. The van der Waals surface area contributed by atoms with Crippen LogP contribution in [0, 0.1) is 0 Å². The van der Waals surface area contributed by atoms with E-state index in [1.807, 2.05) is 66.7 Å². The van der Waals surface area contributed by atoms with E-state index >= 15 is 0 Å². The van der Waals surface area contributed by atoms with E-state index < -0.39 is 27.4 Å². The van der Waals surface area contributed by atoms with Gasteiger partial charge >= 0.3 is 0 Å². The van der Waals surface area contributed by atoms with Crippen molar-refractivity contribution >= 4 is 21.6 Å². The molecule has 10 heteroatoms. The summed E-state index contributed by atoms with van der Waals surface area (Å²) in [6.45, 7) is 0.614. The second-order valence-electron chi connectivity index (χ2n) is 12.5. The number of nitrogens with zero attached hydrogens (tertiary/aromatic N) is 1. The summed E-state index contributed by atoms with van der Waals surface area (Å²) in [6, 6.07) is 42.4. The predicted molar refractivity (Wildman–Crippen MR) is 201 cm³/mol. The molecule has 1 aliphatic heterocycles. The van der Waals surface area contributed by atoms with Crippen LogP contribution in [0.15, 0.2) is 149 Å². The molecular weight excluding hydrogens is 677 g/mol. The van der Waals surface area contributed by atoms with E-state index in [9.17, 15) is 13.2 Å². The van der Waals surface area contributed by atoms with Gasteiger partial charge in [-0.1, -0.05) is 91.0 Å². The first-order valence-corrected chi connectivity index (χ1v) is 18.9. The first kappa shape index (κ1) is 36.3. The number of methoxy groups -OCH3 is 1. The van der Waals surface area contributed by atoms with Crippen molar-refractivity contribution in [1.29, 1.82) is 0 Å².